The molecule has 0 unspecified atom stereocenters. The van der Waals surface area contributed by atoms with Crippen molar-refractivity contribution in [2.75, 3.05) is 26.0 Å². The van der Waals surface area contributed by atoms with Gasteiger partial charge in [-0.2, -0.15) is 0 Å². The van der Waals surface area contributed by atoms with Crippen LogP contribution in [0, 0.1) is 11.2 Å². The quantitative estimate of drug-likeness (QED) is 0.822. The van der Waals surface area contributed by atoms with Crippen LogP contribution in [0.15, 0.2) is 12.3 Å². The van der Waals surface area contributed by atoms with Crippen LogP contribution in [0.2, 0.25) is 0 Å². The maximum absolute atomic E-state index is 13.0. The first-order valence-corrected chi connectivity index (χ1v) is 6.04. The van der Waals surface area contributed by atoms with Gasteiger partial charge >= 0.3 is 0 Å². The van der Waals surface area contributed by atoms with Gasteiger partial charge in [-0.15, -0.1) is 0 Å². The van der Waals surface area contributed by atoms with Gasteiger partial charge in [0.2, 0.25) is 0 Å². The summed E-state index contributed by atoms with van der Waals surface area (Å²) in [6.07, 6.45) is 1.79. The summed E-state index contributed by atoms with van der Waals surface area (Å²) >= 11 is 0. The number of carbonyl (C=O) groups excluding carboxylic acids is 1. The molecule has 0 saturated carbocycles. The van der Waals surface area contributed by atoms with E-state index in [0.29, 0.717) is 13.2 Å². The van der Waals surface area contributed by atoms with Gasteiger partial charge in [-0.25, -0.2) is 9.37 Å². The molecular formula is C13H20FN3O2. The number of rotatable bonds is 6. The maximum atomic E-state index is 13.0. The highest BCUT2D eigenvalue weighted by Crippen LogP contribution is 2.19. The van der Waals surface area contributed by atoms with E-state index in [1.165, 1.54) is 0 Å². The minimum absolute atomic E-state index is 0.0218. The molecule has 0 saturated heterocycles. The number of carbonyl (C=O) groups is 1. The first-order valence-electron chi connectivity index (χ1n) is 6.04. The Bertz CT molecular complexity index is 450. The van der Waals surface area contributed by atoms with Gasteiger partial charge < -0.3 is 15.8 Å². The normalized spacial score (nSPS) is 11.4. The Kier molecular flexibility index (Phi) is 5.23. The minimum atomic E-state index is -0.585. The average molecular weight is 269 g/mol. The molecule has 0 fully saturated rings. The second-order valence-corrected chi connectivity index (χ2v) is 5.18. The molecule has 0 aliphatic heterocycles. The SMILES string of the molecule is COCCC(C)(C)CNC(=O)c1cc(F)cnc1N. The number of nitrogens with zero attached hydrogens (tertiary/aromatic N) is 1. The summed E-state index contributed by atoms with van der Waals surface area (Å²) in [5.41, 5.74) is 5.50. The van der Waals surface area contributed by atoms with Gasteiger partial charge in [0.15, 0.2) is 0 Å². The number of anilines is 1. The van der Waals surface area contributed by atoms with Crippen LogP contribution in [0.25, 0.3) is 0 Å². The number of amides is 1. The van der Waals surface area contributed by atoms with Crippen molar-refractivity contribution in [2.24, 2.45) is 5.41 Å². The van der Waals surface area contributed by atoms with Crippen molar-refractivity contribution in [1.29, 1.82) is 0 Å². The lowest BCUT2D eigenvalue weighted by Gasteiger charge is -2.24. The molecule has 1 heterocycles. The zero-order valence-corrected chi connectivity index (χ0v) is 11.5. The molecule has 3 N–H and O–H groups in total. The second kappa shape index (κ2) is 6.47. The van der Waals surface area contributed by atoms with Crippen molar-refractivity contribution in [1.82, 2.24) is 10.3 Å². The second-order valence-electron chi connectivity index (χ2n) is 5.18. The van der Waals surface area contributed by atoms with Crippen molar-refractivity contribution in [2.45, 2.75) is 20.3 Å². The number of nitrogen functional groups attached to an aromatic ring is 1. The van der Waals surface area contributed by atoms with Crippen molar-refractivity contribution in [3.05, 3.63) is 23.6 Å². The van der Waals surface area contributed by atoms with Crippen LogP contribution < -0.4 is 11.1 Å². The summed E-state index contributed by atoms with van der Waals surface area (Å²) in [7, 11) is 1.63. The number of methoxy groups -OCH3 is 1. The molecule has 0 atom stereocenters. The van der Waals surface area contributed by atoms with Crippen LogP contribution in [-0.4, -0.2) is 31.2 Å². The fraction of sp³-hybridized carbons (Fsp3) is 0.538. The molecule has 0 bridgehead atoms. The van der Waals surface area contributed by atoms with Crippen LogP contribution in [0.3, 0.4) is 0 Å². The maximum Gasteiger partial charge on any atom is 0.255 e. The summed E-state index contributed by atoms with van der Waals surface area (Å²) in [4.78, 5) is 15.5. The highest BCUT2D eigenvalue weighted by molar-refractivity contribution is 5.98. The first-order chi connectivity index (χ1) is 8.85. The molecule has 1 aromatic rings. The molecule has 6 heteroatoms. The summed E-state index contributed by atoms with van der Waals surface area (Å²) < 4.78 is 18.0. The van der Waals surface area contributed by atoms with Gasteiger partial charge in [0.1, 0.15) is 11.6 Å². The number of hydrogen-bond donors (Lipinski definition) is 2. The molecule has 0 aliphatic carbocycles. The Morgan fingerprint density at radius 3 is 2.89 bits per heavy atom. The van der Waals surface area contributed by atoms with Crippen LogP contribution in [0.5, 0.6) is 0 Å². The lowest BCUT2D eigenvalue weighted by Crippen LogP contribution is -2.35. The topological polar surface area (TPSA) is 77.2 Å². The van der Waals surface area contributed by atoms with Crippen LogP contribution in [-0.2, 0) is 4.74 Å². The van der Waals surface area contributed by atoms with E-state index in [0.717, 1.165) is 18.7 Å². The fourth-order valence-electron chi connectivity index (χ4n) is 1.51. The van der Waals surface area contributed by atoms with Crippen LogP contribution >= 0.6 is 0 Å². The average Bonchev–Trinajstić information content (AvgIpc) is 2.36. The number of halogens is 1. The van der Waals surface area contributed by atoms with Gasteiger partial charge in [-0.05, 0) is 17.9 Å². The highest BCUT2D eigenvalue weighted by atomic mass is 19.1. The van der Waals surface area contributed by atoms with Crippen LogP contribution in [0.1, 0.15) is 30.6 Å². The Balaban J connectivity index is 2.62. The van der Waals surface area contributed by atoms with Gasteiger partial charge in [-0.3, -0.25) is 4.79 Å². The Labute approximate surface area is 112 Å². The molecule has 5 nitrogen and oxygen atoms in total. The van der Waals surface area contributed by atoms with E-state index in [9.17, 15) is 9.18 Å². The lowest BCUT2D eigenvalue weighted by molar-refractivity contribution is 0.0921. The number of pyridine rings is 1. The van der Waals surface area contributed by atoms with Crippen molar-refractivity contribution in [3.63, 3.8) is 0 Å². The van der Waals surface area contributed by atoms with Gasteiger partial charge in [0.05, 0.1) is 11.8 Å². The zero-order valence-electron chi connectivity index (χ0n) is 11.5. The summed E-state index contributed by atoms with van der Waals surface area (Å²) in [5, 5.41) is 2.74. The minimum Gasteiger partial charge on any atom is -0.385 e. The monoisotopic (exact) mass is 269 g/mol. The van der Waals surface area contributed by atoms with E-state index < -0.39 is 11.7 Å². The molecule has 0 aromatic carbocycles. The molecule has 106 valence electrons. The zero-order chi connectivity index (χ0) is 14.5. The predicted molar refractivity (Wildman–Crippen MR) is 71.2 cm³/mol. The third-order valence-corrected chi connectivity index (χ3v) is 2.84. The third-order valence-electron chi connectivity index (χ3n) is 2.84. The molecule has 19 heavy (non-hydrogen) atoms. The third kappa shape index (κ3) is 4.82. The van der Waals surface area contributed by atoms with Crippen molar-refractivity contribution in [3.8, 4) is 0 Å². The first kappa shape index (κ1) is 15.4. The summed E-state index contributed by atoms with van der Waals surface area (Å²) in [6, 6.07) is 1.08. The van der Waals surface area contributed by atoms with Gasteiger partial charge in [0, 0.05) is 20.3 Å². The fourth-order valence-corrected chi connectivity index (χ4v) is 1.51. The van der Waals surface area contributed by atoms with Gasteiger partial charge in [-0.1, -0.05) is 13.8 Å². The molecule has 0 aliphatic rings. The molecule has 1 amide bonds. The molecule has 1 aromatic heterocycles. The number of nitrogens with one attached hydrogen (secondary N) is 1. The van der Waals surface area contributed by atoms with Crippen LogP contribution in [0.4, 0.5) is 10.2 Å². The number of hydrogen-bond acceptors (Lipinski definition) is 4. The lowest BCUT2D eigenvalue weighted by atomic mass is 9.89. The van der Waals surface area contributed by atoms with Crippen molar-refractivity contribution < 1.29 is 13.9 Å². The van der Waals surface area contributed by atoms with E-state index in [-0.39, 0.29) is 16.8 Å². The summed E-state index contributed by atoms with van der Waals surface area (Å²) in [5.74, 6) is -0.985. The molecule has 1 rings (SSSR count). The highest BCUT2D eigenvalue weighted by Gasteiger charge is 2.20. The van der Waals surface area contributed by atoms with E-state index in [2.05, 4.69) is 10.3 Å². The molecule has 0 radical (unpaired) electrons. The number of aromatic nitrogens is 1. The van der Waals surface area contributed by atoms with E-state index >= 15 is 0 Å². The summed E-state index contributed by atoms with van der Waals surface area (Å²) in [6.45, 7) is 5.09. The number of nitrogens with two attached hydrogens (primary N) is 1. The standard InChI is InChI=1S/C13H20FN3O2/c1-13(2,4-5-19-3)8-17-12(18)10-6-9(14)7-16-11(10)15/h6-7H,4-5,8H2,1-3H3,(H2,15,16)(H,17,18). The van der Waals surface area contributed by atoms with E-state index in [4.69, 9.17) is 10.5 Å². The molecule has 0 spiro atoms. The molecular weight excluding hydrogens is 249 g/mol. The number of ether oxygens (including phenoxy) is 1. The van der Waals surface area contributed by atoms with E-state index in [1.807, 2.05) is 13.8 Å². The Morgan fingerprint density at radius 2 is 2.26 bits per heavy atom. The van der Waals surface area contributed by atoms with E-state index in [1.54, 1.807) is 7.11 Å². The van der Waals surface area contributed by atoms with Gasteiger partial charge in [0.25, 0.3) is 5.91 Å². The van der Waals surface area contributed by atoms with Crippen molar-refractivity contribution >= 4 is 11.7 Å². The largest absolute Gasteiger partial charge is 0.385 e. The smallest absolute Gasteiger partial charge is 0.255 e. The Morgan fingerprint density at radius 1 is 1.58 bits per heavy atom. The Hall–Kier alpha value is -1.69. The predicted octanol–water partition coefficient (Wildman–Crippen LogP) is 1.60.